The first-order valence-corrected chi connectivity index (χ1v) is 22.3. The highest BCUT2D eigenvalue weighted by Crippen LogP contribution is 2.28. The number of amides is 4. The van der Waals surface area contributed by atoms with Crippen molar-refractivity contribution in [3.05, 3.63) is 58.7 Å². The number of aliphatic hydroxyl groups excluding tert-OH is 1. The number of aromatic hydroxyl groups is 1. The average Bonchev–Trinajstić information content (AvgIpc) is 3.59. The molecule has 15 nitrogen and oxygen atoms in total. The van der Waals surface area contributed by atoms with E-state index in [2.05, 4.69) is 15.1 Å². The number of rotatable bonds is 13. The minimum absolute atomic E-state index is 0.00637. The van der Waals surface area contributed by atoms with E-state index in [0.29, 0.717) is 82.3 Å². The molecule has 0 aliphatic carbocycles. The van der Waals surface area contributed by atoms with Gasteiger partial charge in [0, 0.05) is 89.6 Å². The third-order valence-corrected chi connectivity index (χ3v) is 13.3. The molecule has 3 N–H and O–H groups in total. The number of phenolic OH excluding ortho intramolecular Hbond substituents is 1. The van der Waals surface area contributed by atoms with Gasteiger partial charge in [-0.2, -0.15) is 0 Å². The summed E-state index contributed by atoms with van der Waals surface area (Å²) in [5.74, 6) is -0.165. The van der Waals surface area contributed by atoms with Gasteiger partial charge in [-0.15, -0.1) is 0 Å². The van der Waals surface area contributed by atoms with Gasteiger partial charge in [-0.1, -0.05) is 30.3 Å². The zero-order valence-electron chi connectivity index (χ0n) is 35.6. The quantitative estimate of drug-likeness (QED) is 0.198. The Balaban J connectivity index is 0.868. The van der Waals surface area contributed by atoms with Crippen molar-refractivity contribution >= 4 is 29.7 Å². The lowest BCUT2D eigenvalue weighted by Crippen LogP contribution is -2.56. The van der Waals surface area contributed by atoms with E-state index >= 15 is 0 Å². The third-order valence-electron chi connectivity index (χ3n) is 13.3. The molecular formula is C45H65N7O8. The Morgan fingerprint density at radius 1 is 0.833 bits per heavy atom. The number of hydrogen-bond donors (Lipinski definition) is 3. The maximum Gasteiger partial charge on any atom is 0.410 e. The summed E-state index contributed by atoms with van der Waals surface area (Å²) in [6.45, 7) is 12.2. The highest BCUT2D eigenvalue weighted by Gasteiger charge is 2.37. The molecule has 4 fully saturated rings. The number of esters is 1. The van der Waals surface area contributed by atoms with E-state index in [1.165, 1.54) is 0 Å². The van der Waals surface area contributed by atoms with Gasteiger partial charge in [0.25, 0.3) is 5.91 Å². The molecule has 4 amide bonds. The van der Waals surface area contributed by atoms with Crippen molar-refractivity contribution < 1.29 is 38.9 Å². The van der Waals surface area contributed by atoms with Crippen LogP contribution in [0.5, 0.6) is 5.75 Å². The maximum absolute atomic E-state index is 14.2. The van der Waals surface area contributed by atoms with Crippen LogP contribution in [0.1, 0.15) is 73.6 Å². The van der Waals surface area contributed by atoms with E-state index in [4.69, 9.17) is 9.47 Å². The Morgan fingerprint density at radius 3 is 2.23 bits per heavy atom. The highest BCUT2D eigenvalue weighted by atomic mass is 16.6. The van der Waals surface area contributed by atoms with Crippen molar-refractivity contribution in [3.8, 4) is 5.75 Å². The van der Waals surface area contributed by atoms with Crippen molar-refractivity contribution in [1.29, 1.82) is 0 Å². The largest absolute Gasteiger partial charge is 0.507 e. The molecule has 2 aromatic rings. The van der Waals surface area contributed by atoms with Crippen LogP contribution in [0, 0.1) is 13.8 Å². The zero-order chi connectivity index (χ0) is 42.2. The number of ether oxygens (including phenoxy) is 2. The summed E-state index contributed by atoms with van der Waals surface area (Å²) in [6, 6.07) is 11.9. The number of aryl methyl sites for hydroxylation is 2. The standard InChI is InChI=1S/C45H65N7O8/c1-32-29-34(30-33(2)42(32)55)31-39(60-45(58)51-21-13-37(14-22-51)52-23-10-35-7-3-4-8-38(35)46-44(52)57)43(56)50-26-24-48(25-27-50)36-11-18-47(19-12-36)20-15-41(54)59-28-6-17-49-16-5-9-40(49)53/h3-4,7-8,29-30,36-37,39-40,53,55H,5-6,9-28,31H2,1-2H3,(H,46,57)/t39-,40?/m1/s1. The van der Waals surface area contributed by atoms with Crippen LogP contribution in [-0.4, -0.2) is 173 Å². The van der Waals surface area contributed by atoms with E-state index in [9.17, 15) is 29.4 Å². The number of likely N-dealkylation sites (tertiary alicyclic amines) is 3. The lowest BCUT2D eigenvalue weighted by molar-refractivity contribution is -0.145. The van der Waals surface area contributed by atoms with Gasteiger partial charge in [0.05, 0.1) is 13.0 Å². The van der Waals surface area contributed by atoms with E-state index in [0.717, 1.165) is 94.6 Å². The molecule has 7 rings (SSSR count). The normalized spacial score (nSPS) is 21.9. The molecule has 5 aliphatic heterocycles. The number of fused-ring (bicyclic) bond motifs is 1. The van der Waals surface area contributed by atoms with Crippen molar-refractivity contribution in [2.24, 2.45) is 0 Å². The fourth-order valence-corrected chi connectivity index (χ4v) is 9.72. The van der Waals surface area contributed by atoms with Gasteiger partial charge in [0.15, 0.2) is 6.10 Å². The molecular weight excluding hydrogens is 767 g/mol. The van der Waals surface area contributed by atoms with E-state index in [-0.39, 0.29) is 42.3 Å². The summed E-state index contributed by atoms with van der Waals surface area (Å²) in [6.07, 6.45) is 5.21. The Labute approximate surface area is 354 Å². The van der Waals surface area contributed by atoms with Crippen LogP contribution < -0.4 is 5.32 Å². The van der Waals surface area contributed by atoms with Crippen molar-refractivity contribution in [1.82, 2.24) is 29.4 Å². The van der Waals surface area contributed by atoms with Gasteiger partial charge in [-0.05, 0) is 107 Å². The predicted octanol–water partition coefficient (Wildman–Crippen LogP) is 3.96. The number of carbonyl (C=O) groups excluding carboxylic acids is 4. The topological polar surface area (TPSA) is 159 Å². The third kappa shape index (κ3) is 11.1. The lowest BCUT2D eigenvalue weighted by atomic mass is 10.00. The van der Waals surface area contributed by atoms with Crippen LogP contribution in [-0.2, 0) is 31.9 Å². The molecule has 15 heteroatoms. The fourth-order valence-electron chi connectivity index (χ4n) is 9.72. The molecule has 328 valence electrons. The first-order chi connectivity index (χ1) is 29.0. The minimum atomic E-state index is -1.02. The fraction of sp³-hybridized carbons (Fsp3) is 0.644. The molecule has 4 saturated heterocycles. The number of nitrogens with one attached hydrogen (secondary N) is 1. The predicted molar refractivity (Wildman–Crippen MR) is 227 cm³/mol. The SMILES string of the molecule is Cc1cc(C[C@@H](OC(=O)N2CCC(N3CCc4ccccc4NC3=O)CC2)C(=O)N2CCN(C3CCN(CCC(=O)OCCCN4CCCC4O)CC3)CC2)cc(C)c1O. The molecule has 0 bridgehead atoms. The van der Waals surface area contributed by atoms with Crippen LogP contribution in [0.3, 0.4) is 0 Å². The average molecular weight is 832 g/mol. The molecule has 2 atom stereocenters. The number of aliphatic hydroxyl groups is 1. The van der Waals surface area contributed by atoms with E-state index in [1.54, 1.807) is 4.90 Å². The number of piperazine rings is 1. The Hall–Kier alpha value is -4.44. The first-order valence-electron chi connectivity index (χ1n) is 22.3. The van der Waals surface area contributed by atoms with Gasteiger partial charge in [0.2, 0.25) is 0 Å². The van der Waals surface area contributed by atoms with Gasteiger partial charge in [-0.25, -0.2) is 9.59 Å². The van der Waals surface area contributed by atoms with Crippen LogP contribution in [0.15, 0.2) is 36.4 Å². The summed E-state index contributed by atoms with van der Waals surface area (Å²) in [5, 5.41) is 23.4. The molecule has 2 aromatic carbocycles. The first kappa shape index (κ1) is 43.6. The number of benzene rings is 2. The zero-order valence-corrected chi connectivity index (χ0v) is 35.6. The summed E-state index contributed by atoms with van der Waals surface area (Å²) in [7, 11) is 0. The monoisotopic (exact) mass is 831 g/mol. The van der Waals surface area contributed by atoms with Crippen molar-refractivity contribution in [2.75, 3.05) is 90.5 Å². The number of phenols is 1. The maximum atomic E-state index is 14.2. The number of nitrogens with zero attached hydrogens (tertiary/aromatic N) is 6. The van der Waals surface area contributed by atoms with Gasteiger partial charge in [0.1, 0.15) is 12.0 Å². The number of para-hydroxylation sites is 1. The number of piperidine rings is 2. The second-order valence-corrected chi connectivity index (χ2v) is 17.3. The Kier molecular flexibility index (Phi) is 14.8. The molecule has 0 saturated carbocycles. The molecule has 0 spiro atoms. The number of anilines is 1. The minimum Gasteiger partial charge on any atom is -0.507 e. The second-order valence-electron chi connectivity index (χ2n) is 17.3. The Morgan fingerprint density at radius 2 is 1.53 bits per heavy atom. The van der Waals surface area contributed by atoms with Crippen LogP contribution in [0.4, 0.5) is 15.3 Å². The summed E-state index contributed by atoms with van der Waals surface area (Å²) in [4.78, 5) is 65.8. The molecule has 0 aromatic heterocycles. The van der Waals surface area contributed by atoms with E-state index in [1.807, 2.05) is 64.9 Å². The molecule has 5 heterocycles. The number of urea groups is 1. The van der Waals surface area contributed by atoms with Crippen LogP contribution >= 0.6 is 0 Å². The number of hydrogen-bond acceptors (Lipinski definition) is 11. The summed E-state index contributed by atoms with van der Waals surface area (Å²) < 4.78 is 11.6. The molecule has 5 aliphatic rings. The van der Waals surface area contributed by atoms with Crippen LogP contribution in [0.25, 0.3) is 0 Å². The lowest BCUT2D eigenvalue weighted by Gasteiger charge is -2.43. The summed E-state index contributed by atoms with van der Waals surface area (Å²) in [5.41, 5.74) is 4.18. The van der Waals surface area contributed by atoms with Crippen molar-refractivity contribution in [2.45, 2.75) is 102 Å². The van der Waals surface area contributed by atoms with Crippen LogP contribution in [0.2, 0.25) is 0 Å². The molecule has 60 heavy (non-hydrogen) atoms. The second kappa shape index (κ2) is 20.4. The Bertz CT molecular complexity index is 1780. The summed E-state index contributed by atoms with van der Waals surface area (Å²) >= 11 is 0. The number of carbonyl (C=O) groups is 4. The smallest absolute Gasteiger partial charge is 0.410 e. The van der Waals surface area contributed by atoms with Crippen molar-refractivity contribution in [3.63, 3.8) is 0 Å². The van der Waals surface area contributed by atoms with Gasteiger partial charge >= 0.3 is 18.1 Å². The van der Waals surface area contributed by atoms with Gasteiger partial charge in [-0.3, -0.25) is 19.4 Å². The molecule has 0 radical (unpaired) electrons. The van der Waals surface area contributed by atoms with E-state index < -0.39 is 12.2 Å². The highest BCUT2D eigenvalue weighted by molar-refractivity contribution is 5.91. The molecule has 1 unspecified atom stereocenters. The van der Waals surface area contributed by atoms with Gasteiger partial charge < -0.3 is 44.6 Å².